The average Bonchev–Trinajstić information content (AvgIpc) is 2.38. The molecule has 0 aromatic heterocycles. The Bertz CT molecular complexity index is 559. The molecular weight excluding hydrogens is 304 g/mol. The normalized spacial score (nSPS) is 11.7. The molecule has 0 aliphatic heterocycles. The van der Waals surface area contributed by atoms with Crippen LogP contribution in [-0.2, 0) is 10.1 Å². The number of phenolic OH excluding ortho intramolecular Hbond substituents is 1. The van der Waals surface area contributed by atoms with Gasteiger partial charge in [0.25, 0.3) is 10.1 Å². The second-order valence-corrected chi connectivity index (χ2v) is 6.21. The molecule has 20 heavy (non-hydrogen) atoms. The number of benzene rings is 1. The summed E-state index contributed by atoms with van der Waals surface area (Å²) in [6.45, 7) is 3.17. The van der Waals surface area contributed by atoms with Crippen molar-refractivity contribution in [3.63, 3.8) is 0 Å². The maximum atomic E-state index is 10.6. The highest BCUT2D eigenvalue weighted by Crippen LogP contribution is 2.21. The minimum Gasteiger partial charge on any atom is -0.508 e. The summed E-state index contributed by atoms with van der Waals surface area (Å²) in [6.07, 6.45) is 0. The van der Waals surface area contributed by atoms with Crippen LogP contribution in [0.5, 0.6) is 5.75 Å². The molecule has 0 saturated heterocycles. The molecule has 10 heteroatoms. The third-order valence-corrected chi connectivity index (χ3v) is 3.96. The monoisotopic (exact) mass is 318 g/mol. The Kier molecular flexibility index (Phi) is 6.42. The van der Waals surface area contributed by atoms with Crippen molar-refractivity contribution in [1.82, 2.24) is 0 Å². The second-order valence-electron chi connectivity index (χ2n) is 3.56. The van der Waals surface area contributed by atoms with Gasteiger partial charge in [0, 0.05) is 12.5 Å². The van der Waals surface area contributed by atoms with Crippen molar-refractivity contribution in [2.45, 2.75) is 0 Å². The average molecular weight is 318 g/mol. The maximum Gasteiger partial charge on any atom is 0.265 e. The number of hydrogen-bond acceptors (Lipinski definition) is 6. The van der Waals surface area contributed by atoms with Crippen molar-refractivity contribution >= 4 is 34.3 Å². The van der Waals surface area contributed by atoms with E-state index in [4.69, 9.17) is 4.55 Å². The number of aromatic hydroxyl groups is 1. The van der Waals surface area contributed by atoms with E-state index in [1.54, 1.807) is 12.1 Å². The number of nitrogens with zero attached hydrogens (tertiary/aromatic N) is 4. The molecule has 0 fully saturated rings. The van der Waals surface area contributed by atoms with Crippen molar-refractivity contribution in [2.75, 3.05) is 22.4 Å². The van der Waals surface area contributed by atoms with Gasteiger partial charge in [0.1, 0.15) is 5.75 Å². The summed E-state index contributed by atoms with van der Waals surface area (Å²) in [5, 5.41) is 21.1. The molecule has 0 radical (unpaired) electrons. The van der Waals surface area contributed by atoms with E-state index >= 15 is 0 Å². The maximum absolute atomic E-state index is 10.6. The Balaban J connectivity index is 2.63. The largest absolute Gasteiger partial charge is 0.508 e. The highest BCUT2D eigenvalue weighted by atomic mass is 32.2. The summed E-state index contributed by atoms with van der Waals surface area (Å²) in [4.78, 5) is 0. The fourth-order valence-corrected chi connectivity index (χ4v) is 2.99. The van der Waals surface area contributed by atoms with Crippen LogP contribution < -0.4 is 5.01 Å². The minimum atomic E-state index is -3.96. The van der Waals surface area contributed by atoms with Gasteiger partial charge in [-0.05, 0) is 34.7 Å². The molecule has 1 rings (SSSR count). The third-order valence-electron chi connectivity index (χ3n) is 2.06. The molecule has 1 aromatic carbocycles. The van der Waals surface area contributed by atoms with Crippen LogP contribution in [0.1, 0.15) is 0 Å². The van der Waals surface area contributed by atoms with E-state index in [9.17, 15) is 13.5 Å². The molecule has 0 bridgehead atoms. The van der Waals surface area contributed by atoms with Crippen LogP contribution in [0.4, 0.5) is 5.69 Å². The molecule has 0 atom stereocenters. The summed E-state index contributed by atoms with van der Waals surface area (Å²) in [5.74, 6) is 0.299. The topological polar surface area (TPSA) is 115 Å². The van der Waals surface area contributed by atoms with Crippen molar-refractivity contribution < 1.29 is 18.1 Å². The molecule has 0 unspecified atom stereocenters. The first-order valence-corrected chi connectivity index (χ1v) is 8.15. The summed E-state index contributed by atoms with van der Waals surface area (Å²) < 4.78 is 29.8. The lowest BCUT2D eigenvalue weighted by Gasteiger charge is -2.16. The van der Waals surface area contributed by atoms with Gasteiger partial charge in [-0.3, -0.25) is 4.55 Å². The van der Waals surface area contributed by atoms with Crippen LogP contribution in [0.25, 0.3) is 0 Å². The molecule has 0 spiro atoms. The fraction of sp³-hybridized carbons (Fsp3) is 0.300. The number of phenols is 1. The van der Waals surface area contributed by atoms with Gasteiger partial charge in [-0.2, -0.15) is 8.42 Å². The molecule has 8 nitrogen and oxygen atoms in total. The van der Waals surface area contributed by atoms with E-state index in [1.165, 1.54) is 28.9 Å². The van der Waals surface area contributed by atoms with Crippen molar-refractivity contribution in [2.24, 2.45) is 15.5 Å². The van der Waals surface area contributed by atoms with Gasteiger partial charge in [0.15, 0.2) is 0 Å². The van der Waals surface area contributed by atoms with Crippen molar-refractivity contribution in [1.29, 1.82) is 0 Å². The molecule has 0 saturated carbocycles. The number of anilines is 1. The zero-order valence-electron chi connectivity index (χ0n) is 10.5. The second kappa shape index (κ2) is 7.82. The lowest BCUT2D eigenvalue weighted by Crippen LogP contribution is -2.16. The summed E-state index contributed by atoms with van der Waals surface area (Å²) >= 11 is 1.25. The lowest BCUT2D eigenvalue weighted by molar-refractivity contribution is 0.475. The van der Waals surface area contributed by atoms with E-state index < -0.39 is 10.1 Å². The quantitative estimate of drug-likeness (QED) is 0.188. The molecule has 2 N–H and O–H groups in total. The smallest absolute Gasteiger partial charge is 0.265 e. The third kappa shape index (κ3) is 6.50. The van der Waals surface area contributed by atoms with E-state index in [0.29, 0.717) is 11.6 Å². The highest BCUT2D eigenvalue weighted by Gasteiger charge is 2.08. The van der Waals surface area contributed by atoms with Gasteiger partial charge in [-0.15, -0.1) is 16.9 Å². The van der Waals surface area contributed by atoms with Crippen molar-refractivity contribution in [3.8, 4) is 5.75 Å². The van der Waals surface area contributed by atoms with Crippen LogP contribution >= 0.6 is 11.8 Å². The first-order valence-electron chi connectivity index (χ1n) is 5.38. The van der Waals surface area contributed by atoms with Crippen molar-refractivity contribution in [3.05, 3.63) is 24.3 Å². The lowest BCUT2D eigenvalue weighted by atomic mass is 10.3. The standard InChI is InChI=1S/C10H14N4O4S2/c1-11-12-13-14(8-19-6-7-20(16,17)18)9-2-4-10(15)5-3-9/h2-5,15H,1,6-8H2,(H,16,17,18)/b13-12-. The zero-order chi connectivity index (χ0) is 15.0. The first kappa shape index (κ1) is 16.4. The van der Waals surface area contributed by atoms with E-state index in [2.05, 4.69) is 22.3 Å². The highest BCUT2D eigenvalue weighted by molar-refractivity contribution is 8.00. The molecule has 0 amide bonds. The Morgan fingerprint density at radius 2 is 1.95 bits per heavy atom. The number of thioether (sulfide) groups is 1. The predicted molar refractivity (Wildman–Crippen MR) is 78.7 cm³/mol. The Hall–Kier alpha value is -1.65. The molecule has 0 aliphatic carbocycles. The summed E-state index contributed by atoms with van der Waals surface area (Å²) in [5.41, 5.74) is 0.648. The Morgan fingerprint density at radius 1 is 1.30 bits per heavy atom. The van der Waals surface area contributed by atoms with Crippen LogP contribution in [0.2, 0.25) is 0 Å². The van der Waals surface area contributed by atoms with Crippen LogP contribution in [0.15, 0.2) is 39.8 Å². The first-order chi connectivity index (χ1) is 9.42. The summed E-state index contributed by atoms with van der Waals surface area (Å²) in [6, 6.07) is 6.23. The Labute approximate surface area is 120 Å². The molecule has 0 heterocycles. The van der Waals surface area contributed by atoms with Gasteiger partial charge in [0.05, 0.1) is 17.3 Å². The SMILES string of the molecule is C=N/N=N\N(CSCCS(=O)(=O)O)c1ccc(O)cc1. The van der Waals surface area contributed by atoms with Crippen LogP contribution in [0, 0.1) is 0 Å². The molecule has 1 aromatic rings. The summed E-state index contributed by atoms with van der Waals surface area (Å²) in [7, 11) is -3.96. The molecular formula is C10H14N4O4S2. The van der Waals surface area contributed by atoms with Gasteiger partial charge in [-0.25, -0.2) is 5.01 Å². The van der Waals surface area contributed by atoms with E-state index in [0.717, 1.165) is 0 Å². The minimum absolute atomic E-state index is 0.117. The fourth-order valence-electron chi connectivity index (χ4n) is 1.17. The van der Waals surface area contributed by atoms with Crippen LogP contribution in [-0.4, -0.2) is 42.2 Å². The van der Waals surface area contributed by atoms with Crippen LogP contribution in [0.3, 0.4) is 0 Å². The predicted octanol–water partition coefficient (Wildman–Crippen LogP) is 1.76. The van der Waals surface area contributed by atoms with E-state index in [-0.39, 0.29) is 17.3 Å². The zero-order valence-corrected chi connectivity index (χ0v) is 12.1. The van der Waals surface area contributed by atoms with Gasteiger partial charge in [0.2, 0.25) is 0 Å². The van der Waals surface area contributed by atoms with Gasteiger partial charge >= 0.3 is 0 Å². The van der Waals surface area contributed by atoms with E-state index in [1.807, 2.05) is 0 Å². The van der Waals surface area contributed by atoms with Gasteiger partial charge < -0.3 is 5.11 Å². The van der Waals surface area contributed by atoms with Gasteiger partial charge in [-0.1, -0.05) is 0 Å². The molecule has 0 aliphatic rings. The number of hydrogen-bond donors (Lipinski definition) is 2. The molecule has 110 valence electrons. The Morgan fingerprint density at radius 3 is 2.50 bits per heavy atom. The number of rotatable bonds is 8.